The zero-order valence-electron chi connectivity index (χ0n) is 12.5. The molecule has 0 amide bonds. The summed E-state index contributed by atoms with van der Waals surface area (Å²) in [6, 6.07) is 0.528. The lowest BCUT2D eigenvalue weighted by Gasteiger charge is -2.25. The number of rotatable bonds is 1. The molecule has 3 nitrogen and oxygen atoms in total. The van der Waals surface area contributed by atoms with E-state index in [1.54, 1.807) is 0 Å². The molecule has 2 atom stereocenters. The number of nitrogens with two attached hydrogens (primary N) is 1. The van der Waals surface area contributed by atoms with Crippen molar-refractivity contribution in [2.45, 2.75) is 90.4 Å². The highest BCUT2D eigenvalue weighted by Crippen LogP contribution is 2.26. The van der Waals surface area contributed by atoms with Crippen molar-refractivity contribution in [3.8, 4) is 0 Å². The van der Waals surface area contributed by atoms with E-state index in [1.165, 1.54) is 25.7 Å². The molecular weight excluding hydrogens is 226 g/mol. The van der Waals surface area contributed by atoms with Crippen LogP contribution in [0.4, 0.5) is 0 Å². The number of hydrogen-bond acceptors (Lipinski definition) is 3. The first-order valence-corrected chi connectivity index (χ1v) is 7.74. The van der Waals surface area contributed by atoms with Crippen LogP contribution in [0.3, 0.4) is 0 Å². The zero-order valence-corrected chi connectivity index (χ0v) is 12.5. The van der Waals surface area contributed by atoms with Gasteiger partial charge in [0, 0.05) is 18.9 Å². The van der Waals surface area contributed by atoms with Gasteiger partial charge in [0.15, 0.2) is 5.79 Å². The minimum Gasteiger partial charge on any atom is -0.366 e. The van der Waals surface area contributed by atoms with Crippen LogP contribution in [-0.2, 0) is 0 Å². The van der Waals surface area contributed by atoms with Gasteiger partial charge in [-0.05, 0) is 38.0 Å². The van der Waals surface area contributed by atoms with Crippen LogP contribution in [0, 0.1) is 5.92 Å². The highest BCUT2D eigenvalue weighted by atomic mass is 16.5. The molecule has 2 rings (SSSR count). The number of aliphatic hydroxyl groups is 2. The van der Waals surface area contributed by atoms with Crippen LogP contribution in [0.5, 0.6) is 0 Å². The van der Waals surface area contributed by atoms with Crippen LogP contribution in [0.15, 0.2) is 0 Å². The summed E-state index contributed by atoms with van der Waals surface area (Å²) >= 11 is 0. The Balaban J connectivity index is 0.000000283. The summed E-state index contributed by atoms with van der Waals surface area (Å²) in [7, 11) is 0. The highest BCUT2D eigenvalue weighted by Gasteiger charge is 2.24. The summed E-state index contributed by atoms with van der Waals surface area (Å²) in [5, 5.41) is 17.9. The van der Waals surface area contributed by atoms with Gasteiger partial charge in [-0.1, -0.05) is 33.6 Å². The van der Waals surface area contributed by atoms with Crippen molar-refractivity contribution in [3.05, 3.63) is 0 Å². The van der Waals surface area contributed by atoms with Crippen molar-refractivity contribution in [2.75, 3.05) is 0 Å². The van der Waals surface area contributed by atoms with Gasteiger partial charge in [0.2, 0.25) is 0 Å². The minimum absolute atomic E-state index is 0.528. The smallest absolute Gasteiger partial charge is 0.162 e. The second-order valence-corrected chi connectivity index (χ2v) is 5.39. The monoisotopic (exact) mass is 259 g/mol. The van der Waals surface area contributed by atoms with E-state index in [9.17, 15) is 0 Å². The van der Waals surface area contributed by atoms with Gasteiger partial charge in [-0.25, -0.2) is 0 Å². The van der Waals surface area contributed by atoms with E-state index in [2.05, 4.69) is 6.92 Å². The van der Waals surface area contributed by atoms with Gasteiger partial charge in [-0.15, -0.1) is 0 Å². The fraction of sp³-hybridized carbons (Fsp3) is 1.00. The second kappa shape index (κ2) is 9.76. The maximum absolute atomic E-state index is 8.93. The third-order valence-electron chi connectivity index (χ3n) is 3.81. The molecule has 2 aliphatic rings. The lowest BCUT2D eigenvalue weighted by molar-refractivity contribution is -0.180. The molecule has 18 heavy (non-hydrogen) atoms. The molecule has 3 heteroatoms. The molecule has 110 valence electrons. The van der Waals surface area contributed by atoms with E-state index in [0.717, 1.165) is 25.2 Å². The Bertz CT molecular complexity index is 187. The van der Waals surface area contributed by atoms with Gasteiger partial charge in [0.05, 0.1) is 0 Å². The molecule has 0 spiro atoms. The maximum Gasteiger partial charge on any atom is 0.162 e. The van der Waals surface area contributed by atoms with Crippen LogP contribution < -0.4 is 5.73 Å². The Kier molecular flexibility index (Phi) is 9.70. The molecule has 0 aromatic rings. The molecule has 0 aromatic heterocycles. The summed E-state index contributed by atoms with van der Waals surface area (Å²) in [5.41, 5.74) is 5.70. The van der Waals surface area contributed by atoms with E-state index in [0.29, 0.717) is 18.9 Å². The summed E-state index contributed by atoms with van der Waals surface area (Å²) in [6.07, 6.45) is 9.45. The topological polar surface area (TPSA) is 66.5 Å². The Hall–Kier alpha value is -0.120. The fourth-order valence-electron chi connectivity index (χ4n) is 2.60. The van der Waals surface area contributed by atoms with Gasteiger partial charge < -0.3 is 15.9 Å². The third kappa shape index (κ3) is 8.06. The third-order valence-corrected chi connectivity index (χ3v) is 3.81. The van der Waals surface area contributed by atoms with E-state index < -0.39 is 5.79 Å². The average Bonchev–Trinajstić information content (AvgIpc) is 2.78. The highest BCUT2D eigenvalue weighted by molar-refractivity contribution is 4.76. The first kappa shape index (κ1) is 17.9. The molecule has 2 aliphatic carbocycles. The van der Waals surface area contributed by atoms with Crippen LogP contribution >= 0.6 is 0 Å². The van der Waals surface area contributed by atoms with Crippen LogP contribution in [-0.4, -0.2) is 22.0 Å². The van der Waals surface area contributed by atoms with Crippen molar-refractivity contribution >= 4 is 0 Å². The normalized spacial score (nSPS) is 29.7. The van der Waals surface area contributed by atoms with Crippen molar-refractivity contribution in [3.63, 3.8) is 0 Å². The van der Waals surface area contributed by atoms with E-state index in [4.69, 9.17) is 15.9 Å². The Morgan fingerprint density at radius 1 is 1.06 bits per heavy atom. The van der Waals surface area contributed by atoms with Crippen molar-refractivity contribution in [1.82, 2.24) is 0 Å². The molecule has 4 N–H and O–H groups in total. The van der Waals surface area contributed by atoms with E-state index in [1.807, 2.05) is 13.8 Å². The van der Waals surface area contributed by atoms with Crippen LogP contribution in [0.2, 0.25) is 0 Å². The quantitative estimate of drug-likeness (QED) is 0.634. The molecule has 2 fully saturated rings. The molecule has 0 bridgehead atoms. The molecule has 2 unspecified atom stereocenters. The lowest BCUT2D eigenvalue weighted by atomic mass is 9.95. The predicted molar refractivity (Wildman–Crippen MR) is 77.2 cm³/mol. The van der Waals surface area contributed by atoms with Gasteiger partial charge in [0.25, 0.3) is 0 Å². The van der Waals surface area contributed by atoms with Gasteiger partial charge in [-0.2, -0.15) is 0 Å². The van der Waals surface area contributed by atoms with Gasteiger partial charge in [-0.3, -0.25) is 0 Å². The first-order chi connectivity index (χ1) is 8.53. The largest absolute Gasteiger partial charge is 0.366 e. The van der Waals surface area contributed by atoms with Crippen LogP contribution in [0.1, 0.15) is 78.6 Å². The Morgan fingerprint density at radius 2 is 1.61 bits per heavy atom. The lowest BCUT2D eigenvalue weighted by Crippen LogP contribution is -2.30. The maximum atomic E-state index is 8.93. The molecule has 0 heterocycles. The Morgan fingerprint density at radius 3 is 1.83 bits per heavy atom. The first-order valence-electron chi connectivity index (χ1n) is 7.74. The Labute approximate surface area is 113 Å². The van der Waals surface area contributed by atoms with Crippen molar-refractivity contribution < 1.29 is 10.2 Å². The molecule has 0 saturated heterocycles. The minimum atomic E-state index is -1.32. The van der Waals surface area contributed by atoms with Crippen LogP contribution in [0.25, 0.3) is 0 Å². The second-order valence-electron chi connectivity index (χ2n) is 5.39. The van der Waals surface area contributed by atoms with E-state index in [-0.39, 0.29) is 0 Å². The molecule has 0 aromatic carbocycles. The van der Waals surface area contributed by atoms with E-state index >= 15 is 0 Å². The predicted octanol–water partition coefficient (Wildman–Crippen LogP) is 3.18. The summed E-state index contributed by atoms with van der Waals surface area (Å²) in [5.74, 6) is -0.372. The average molecular weight is 259 g/mol. The SMILES string of the molecule is CC.CCC1CCC(N)C1.OC1(O)CCCCC1. The van der Waals surface area contributed by atoms with Crippen molar-refractivity contribution in [1.29, 1.82) is 0 Å². The zero-order chi connectivity index (χ0) is 14.0. The standard InChI is InChI=1S/C7H15N.C6H12O2.C2H6/c1-2-6-3-4-7(8)5-6;7-6(8)4-2-1-3-5-6;1-2/h6-7H,2-5,8H2,1H3;7-8H,1-5H2;1-2H3. The van der Waals surface area contributed by atoms with Crippen molar-refractivity contribution in [2.24, 2.45) is 11.7 Å². The summed E-state index contributed by atoms with van der Waals surface area (Å²) < 4.78 is 0. The van der Waals surface area contributed by atoms with Gasteiger partial charge >= 0.3 is 0 Å². The molecule has 0 radical (unpaired) electrons. The molecule has 2 saturated carbocycles. The summed E-state index contributed by atoms with van der Waals surface area (Å²) in [4.78, 5) is 0. The fourth-order valence-corrected chi connectivity index (χ4v) is 2.60. The van der Waals surface area contributed by atoms with Gasteiger partial charge in [0.1, 0.15) is 0 Å². The molecular formula is C15H33NO2. The number of hydrogen-bond donors (Lipinski definition) is 3. The molecule has 0 aliphatic heterocycles. The summed E-state index contributed by atoms with van der Waals surface area (Å²) in [6.45, 7) is 6.25.